The number of hydrogen-bond donors (Lipinski definition) is 0. The third kappa shape index (κ3) is 3.00. The highest BCUT2D eigenvalue weighted by Gasteiger charge is 2.20. The molecule has 0 radical (unpaired) electrons. The van der Waals surface area contributed by atoms with Crippen molar-refractivity contribution < 1.29 is 4.79 Å². The third-order valence-corrected chi connectivity index (χ3v) is 4.66. The molecule has 2 heterocycles. The summed E-state index contributed by atoms with van der Waals surface area (Å²) in [5.74, 6) is -0.0462. The van der Waals surface area contributed by atoms with E-state index in [9.17, 15) is 4.79 Å². The maximum atomic E-state index is 12.6. The fourth-order valence-electron chi connectivity index (χ4n) is 2.05. The Balaban J connectivity index is 1.91. The number of rotatable bonds is 5. The summed E-state index contributed by atoms with van der Waals surface area (Å²) in [6, 6.07) is 11.8. The number of thiazole rings is 1. The van der Waals surface area contributed by atoms with Gasteiger partial charge in [0.15, 0.2) is 5.13 Å². The Morgan fingerprint density at radius 3 is 2.73 bits per heavy atom. The van der Waals surface area contributed by atoms with Gasteiger partial charge in [-0.25, -0.2) is 4.98 Å². The highest BCUT2D eigenvalue weighted by Crippen LogP contribution is 2.28. The van der Waals surface area contributed by atoms with Gasteiger partial charge in [0.05, 0.1) is 11.3 Å². The fraction of sp³-hybridized carbons (Fsp3) is 0.0588. The number of hydrogen-bond acceptors (Lipinski definition) is 4. The monoisotopic (exact) mass is 326 g/mol. The van der Waals surface area contributed by atoms with Crippen LogP contribution in [0.3, 0.4) is 0 Å². The summed E-state index contributed by atoms with van der Waals surface area (Å²) in [5.41, 5.74) is 2.61. The van der Waals surface area contributed by atoms with Crippen LogP contribution in [0.25, 0.3) is 11.3 Å². The normalized spacial score (nSPS) is 10.4. The molecule has 0 spiro atoms. The van der Waals surface area contributed by atoms with Crippen LogP contribution in [0.1, 0.15) is 10.4 Å². The first-order valence-electron chi connectivity index (χ1n) is 6.75. The number of carbonyl (C=O) groups is 1. The molecule has 3 aromatic rings. The third-order valence-electron chi connectivity index (χ3n) is 3.12. The minimum absolute atomic E-state index is 0.0462. The summed E-state index contributed by atoms with van der Waals surface area (Å²) >= 11 is 2.98. The molecule has 0 saturated heterocycles. The summed E-state index contributed by atoms with van der Waals surface area (Å²) < 4.78 is 0. The first-order valence-corrected chi connectivity index (χ1v) is 8.58. The maximum absolute atomic E-state index is 12.6. The molecule has 3 rings (SSSR count). The molecule has 0 bridgehead atoms. The van der Waals surface area contributed by atoms with Crippen LogP contribution >= 0.6 is 22.7 Å². The van der Waals surface area contributed by atoms with Gasteiger partial charge in [0.2, 0.25) is 0 Å². The van der Waals surface area contributed by atoms with Gasteiger partial charge in [-0.1, -0.05) is 36.4 Å². The predicted molar refractivity (Wildman–Crippen MR) is 93.7 cm³/mol. The molecule has 0 fully saturated rings. The summed E-state index contributed by atoms with van der Waals surface area (Å²) in [5, 5.41) is 6.41. The molecule has 0 aliphatic rings. The lowest BCUT2D eigenvalue weighted by Crippen LogP contribution is -2.30. The number of aromatic nitrogens is 1. The molecule has 5 heteroatoms. The van der Waals surface area contributed by atoms with E-state index < -0.39 is 0 Å². The van der Waals surface area contributed by atoms with Gasteiger partial charge in [-0.3, -0.25) is 9.69 Å². The highest BCUT2D eigenvalue weighted by molar-refractivity contribution is 7.14. The Hall–Kier alpha value is -2.24. The van der Waals surface area contributed by atoms with E-state index in [0.29, 0.717) is 17.2 Å². The molecule has 1 aromatic carbocycles. The lowest BCUT2D eigenvalue weighted by atomic mass is 10.2. The van der Waals surface area contributed by atoms with E-state index in [1.54, 1.807) is 11.0 Å². The zero-order valence-corrected chi connectivity index (χ0v) is 13.4. The Bertz CT molecular complexity index is 763. The number of benzene rings is 1. The molecule has 0 atom stereocenters. The standard InChI is InChI=1S/C17H14N2OS2/c1-2-9-19(16(20)14-8-10-21-11-14)17-18-15(12-22-17)13-6-4-3-5-7-13/h2-8,10-12H,1,9H2. The minimum atomic E-state index is -0.0462. The lowest BCUT2D eigenvalue weighted by Gasteiger charge is -2.17. The van der Waals surface area contributed by atoms with Gasteiger partial charge in [0, 0.05) is 22.9 Å². The molecule has 3 nitrogen and oxygen atoms in total. The number of anilines is 1. The second kappa shape index (κ2) is 6.68. The minimum Gasteiger partial charge on any atom is -0.280 e. The SMILES string of the molecule is C=CCN(C(=O)c1ccsc1)c1nc(-c2ccccc2)cs1. The van der Waals surface area contributed by atoms with Gasteiger partial charge in [0.1, 0.15) is 0 Å². The molecule has 2 aromatic heterocycles. The van der Waals surface area contributed by atoms with Crippen LogP contribution in [0.4, 0.5) is 5.13 Å². The lowest BCUT2D eigenvalue weighted by molar-refractivity contribution is 0.0990. The van der Waals surface area contributed by atoms with E-state index >= 15 is 0 Å². The predicted octanol–water partition coefficient (Wildman–Crippen LogP) is 4.70. The van der Waals surface area contributed by atoms with Gasteiger partial charge >= 0.3 is 0 Å². The Morgan fingerprint density at radius 1 is 1.23 bits per heavy atom. The Morgan fingerprint density at radius 2 is 2.05 bits per heavy atom. The van der Waals surface area contributed by atoms with E-state index in [4.69, 9.17) is 0 Å². The number of carbonyl (C=O) groups excluding carboxylic acids is 1. The van der Waals surface area contributed by atoms with Crippen LogP contribution in [0, 0.1) is 0 Å². The van der Waals surface area contributed by atoms with E-state index in [0.717, 1.165) is 11.3 Å². The molecule has 0 saturated carbocycles. The van der Waals surface area contributed by atoms with Crippen molar-refractivity contribution in [3.05, 3.63) is 70.8 Å². The molecule has 0 unspecified atom stereocenters. The van der Waals surface area contributed by atoms with Crippen LogP contribution in [0.15, 0.2) is 65.2 Å². The van der Waals surface area contributed by atoms with Crippen molar-refractivity contribution in [2.45, 2.75) is 0 Å². The molecule has 0 aliphatic carbocycles. The number of thiophene rings is 1. The van der Waals surface area contributed by atoms with Crippen LogP contribution in [0.5, 0.6) is 0 Å². The zero-order chi connectivity index (χ0) is 15.4. The average molecular weight is 326 g/mol. The molecular formula is C17H14N2OS2. The van der Waals surface area contributed by atoms with Crippen LogP contribution in [-0.2, 0) is 0 Å². The molecular weight excluding hydrogens is 312 g/mol. The summed E-state index contributed by atoms with van der Waals surface area (Å²) in [6.07, 6.45) is 1.72. The van der Waals surface area contributed by atoms with Crippen molar-refractivity contribution in [1.82, 2.24) is 4.98 Å². The largest absolute Gasteiger partial charge is 0.280 e. The van der Waals surface area contributed by atoms with Crippen LogP contribution in [0.2, 0.25) is 0 Å². The second-order valence-electron chi connectivity index (χ2n) is 4.60. The molecule has 0 N–H and O–H groups in total. The second-order valence-corrected chi connectivity index (χ2v) is 6.21. The van der Waals surface area contributed by atoms with E-state index in [2.05, 4.69) is 11.6 Å². The highest BCUT2D eigenvalue weighted by atomic mass is 32.1. The van der Waals surface area contributed by atoms with Gasteiger partial charge in [-0.15, -0.1) is 17.9 Å². The summed E-state index contributed by atoms with van der Waals surface area (Å²) in [4.78, 5) is 18.9. The quantitative estimate of drug-likeness (QED) is 0.637. The van der Waals surface area contributed by atoms with Crippen molar-refractivity contribution >= 4 is 33.7 Å². The fourth-order valence-corrected chi connectivity index (χ4v) is 3.52. The van der Waals surface area contributed by atoms with Gasteiger partial charge in [-0.2, -0.15) is 11.3 Å². The average Bonchev–Trinajstić information content (AvgIpc) is 3.24. The Kier molecular flexibility index (Phi) is 4.46. The van der Waals surface area contributed by atoms with Crippen LogP contribution in [-0.4, -0.2) is 17.4 Å². The van der Waals surface area contributed by atoms with E-state index in [1.807, 2.05) is 52.5 Å². The zero-order valence-electron chi connectivity index (χ0n) is 11.8. The van der Waals surface area contributed by atoms with Crippen molar-refractivity contribution in [2.75, 3.05) is 11.4 Å². The first-order chi connectivity index (χ1) is 10.8. The molecule has 0 aliphatic heterocycles. The molecule has 110 valence electrons. The molecule has 22 heavy (non-hydrogen) atoms. The van der Waals surface area contributed by atoms with Gasteiger partial charge in [-0.05, 0) is 11.4 Å². The smallest absolute Gasteiger partial charge is 0.261 e. The summed E-state index contributed by atoms with van der Waals surface area (Å²) in [7, 11) is 0. The van der Waals surface area contributed by atoms with Gasteiger partial charge < -0.3 is 0 Å². The van der Waals surface area contributed by atoms with Crippen molar-refractivity contribution in [1.29, 1.82) is 0 Å². The van der Waals surface area contributed by atoms with Crippen molar-refractivity contribution in [3.63, 3.8) is 0 Å². The van der Waals surface area contributed by atoms with Crippen molar-refractivity contribution in [3.8, 4) is 11.3 Å². The topological polar surface area (TPSA) is 33.2 Å². The van der Waals surface area contributed by atoms with Crippen LogP contribution < -0.4 is 4.90 Å². The maximum Gasteiger partial charge on any atom is 0.261 e. The van der Waals surface area contributed by atoms with Crippen molar-refractivity contribution in [2.24, 2.45) is 0 Å². The Labute approximate surface area is 137 Å². The van der Waals surface area contributed by atoms with E-state index in [-0.39, 0.29) is 5.91 Å². The number of amides is 1. The molecule has 1 amide bonds. The van der Waals surface area contributed by atoms with Gasteiger partial charge in [0.25, 0.3) is 5.91 Å². The first kappa shape index (κ1) is 14.7. The number of nitrogens with zero attached hydrogens (tertiary/aromatic N) is 2. The van der Waals surface area contributed by atoms with E-state index in [1.165, 1.54) is 22.7 Å². The summed E-state index contributed by atoms with van der Waals surface area (Å²) in [6.45, 7) is 4.18.